The molecule has 0 saturated carbocycles. The summed E-state index contributed by atoms with van der Waals surface area (Å²) in [5, 5.41) is 0. The van der Waals surface area contributed by atoms with Crippen LogP contribution in [0, 0.1) is 11.3 Å². The first-order chi connectivity index (χ1) is 7.37. The van der Waals surface area contributed by atoms with E-state index in [2.05, 4.69) is 34.6 Å². The maximum atomic E-state index is 5.39. The summed E-state index contributed by atoms with van der Waals surface area (Å²) in [4.78, 5) is 1.28. The highest BCUT2D eigenvalue weighted by molar-refractivity contribution is 7.80. The smallest absolute Gasteiger partial charge is 0.00690 e. The third-order valence-corrected chi connectivity index (χ3v) is 3.49. The first kappa shape index (κ1) is 16.1. The summed E-state index contributed by atoms with van der Waals surface area (Å²) in [6, 6.07) is 0. The maximum absolute atomic E-state index is 5.39. The lowest BCUT2D eigenvalue weighted by Crippen LogP contribution is -2.10. The van der Waals surface area contributed by atoms with Crippen LogP contribution in [0.5, 0.6) is 0 Å². The Balaban J connectivity index is 3.56. The van der Waals surface area contributed by atoms with Crippen LogP contribution in [0.1, 0.15) is 79.6 Å². The molecule has 0 aliphatic carbocycles. The van der Waals surface area contributed by atoms with Crippen molar-refractivity contribution in [3.63, 3.8) is 0 Å². The molecule has 0 spiro atoms. The van der Waals surface area contributed by atoms with Gasteiger partial charge in [-0.15, -0.1) is 0 Å². The first-order valence-corrected chi connectivity index (χ1v) is 7.30. The molecule has 0 radical (unpaired) electrons. The van der Waals surface area contributed by atoms with E-state index in [1.807, 2.05) is 0 Å². The summed E-state index contributed by atoms with van der Waals surface area (Å²) >= 11 is 5.39. The number of rotatable bonds is 9. The fourth-order valence-electron chi connectivity index (χ4n) is 2.28. The van der Waals surface area contributed by atoms with Crippen molar-refractivity contribution in [1.82, 2.24) is 0 Å². The van der Waals surface area contributed by atoms with Crippen molar-refractivity contribution in [3.8, 4) is 0 Å². The fourth-order valence-corrected chi connectivity index (χ4v) is 2.76. The molecule has 0 bridgehead atoms. The quantitative estimate of drug-likeness (QED) is 0.364. The molecule has 0 aliphatic rings. The minimum atomic E-state index is 0.536. The normalized spacial score (nSPS) is 12.1. The van der Waals surface area contributed by atoms with Gasteiger partial charge in [0.05, 0.1) is 0 Å². The molecule has 1 heteroatoms. The Morgan fingerprint density at radius 1 is 1.12 bits per heavy atom. The summed E-state index contributed by atoms with van der Waals surface area (Å²) in [7, 11) is 0. The monoisotopic (exact) mass is 242 g/mol. The van der Waals surface area contributed by atoms with E-state index in [0.717, 1.165) is 18.8 Å². The van der Waals surface area contributed by atoms with Gasteiger partial charge in [-0.05, 0) is 48.3 Å². The van der Waals surface area contributed by atoms with E-state index in [0.29, 0.717) is 5.41 Å². The predicted molar refractivity (Wildman–Crippen MR) is 79.2 cm³/mol. The van der Waals surface area contributed by atoms with E-state index in [1.54, 1.807) is 0 Å². The van der Waals surface area contributed by atoms with Crippen LogP contribution in [0.2, 0.25) is 0 Å². The first-order valence-electron chi connectivity index (χ1n) is 6.89. The van der Waals surface area contributed by atoms with Gasteiger partial charge in [-0.1, -0.05) is 59.7 Å². The molecule has 0 heterocycles. The van der Waals surface area contributed by atoms with E-state index < -0.39 is 0 Å². The minimum Gasteiger partial charge on any atom is -0.0897 e. The second-order valence-corrected chi connectivity index (χ2v) is 6.84. The molecule has 96 valence electrons. The molecule has 0 atom stereocenters. The van der Waals surface area contributed by atoms with Crippen molar-refractivity contribution >= 4 is 17.1 Å². The number of hydrogen-bond acceptors (Lipinski definition) is 1. The van der Waals surface area contributed by atoms with Gasteiger partial charge in [-0.25, -0.2) is 0 Å². The van der Waals surface area contributed by atoms with E-state index >= 15 is 0 Å². The highest BCUT2D eigenvalue weighted by atomic mass is 32.1. The van der Waals surface area contributed by atoms with E-state index in [9.17, 15) is 0 Å². The van der Waals surface area contributed by atoms with Gasteiger partial charge >= 0.3 is 0 Å². The zero-order valence-electron chi connectivity index (χ0n) is 11.9. The lowest BCUT2D eigenvalue weighted by molar-refractivity contribution is 0.294. The standard InChI is InChI=1S/C15H30S/c1-6-10-15(4,5)11-8-7-9-14(16)12-13(2)3/h13H,6-12H2,1-5H3. The molecular formula is C15H30S. The molecule has 0 unspecified atom stereocenters. The SMILES string of the molecule is CCCC(C)(C)CCCCC(=S)CC(C)C. The lowest BCUT2D eigenvalue weighted by Gasteiger charge is -2.23. The van der Waals surface area contributed by atoms with Crippen molar-refractivity contribution < 1.29 is 0 Å². The van der Waals surface area contributed by atoms with Gasteiger partial charge in [0, 0.05) is 0 Å². The van der Waals surface area contributed by atoms with Crippen LogP contribution in [0.3, 0.4) is 0 Å². The van der Waals surface area contributed by atoms with Crippen molar-refractivity contribution in [2.75, 3.05) is 0 Å². The van der Waals surface area contributed by atoms with Crippen LogP contribution < -0.4 is 0 Å². The van der Waals surface area contributed by atoms with Crippen LogP contribution in [-0.4, -0.2) is 4.86 Å². The molecule has 0 saturated heterocycles. The van der Waals surface area contributed by atoms with Crippen molar-refractivity contribution in [1.29, 1.82) is 0 Å². The molecule has 0 aromatic rings. The van der Waals surface area contributed by atoms with Gasteiger partial charge in [0.25, 0.3) is 0 Å². The van der Waals surface area contributed by atoms with Crippen molar-refractivity contribution in [2.24, 2.45) is 11.3 Å². The average Bonchev–Trinajstić information content (AvgIpc) is 2.11. The zero-order chi connectivity index (χ0) is 12.6. The lowest BCUT2D eigenvalue weighted by atomic mass is 9.82. The van der Waals surface area contributed by atoms with E-state index in [4.69, 9.17) is 12.2 Å². The Labute approximate surface area is 108 Å². The molecule has 0 nitrogen and oxygen atoms in total. The second kappa shape index (κ2) is 8.22. The van der Waals surface area contributed by atoms with Crippen LogP contribution >= 0.6 is 12.2 Å². The van der Waals surface area contributed by atoms with E-state index in [-0.39, 0.29) is 0 Å². The van der Waals surface area contributed by atoms with Gasteiger partial charge in [0.1, 0.15) is 0 Å². The van der Waals surface area contributed by atoms with E-state index in [1.165, 1.54) is 37.0 Å². The molecule has 0 rings (SSSR count). The number of thiocarbonyl (C=S) groups is 1. The van der Waals surface area contributed by atoms with Gasteiger partial charge in [-0.3, -0.25) is 0 Å². The van der Waals surface area contributed by atoms with Crippen LogP contribution in [0.15, 0.2) is 0 Å². The van der Waals surface area contributed by atoms with Crippen LogP contribution in [-0.2, 0) is 0 Å². The van der Waals surface area contributed by atoms with Gasteiger partial charge in [0.15, 0.2) is 0 Å². The van der Waals surface area contributed by atoms with Gasteiger partial charge in [0.2, 0.25) is 0 Å². The maximum Gasteiger partial charge on any atom is -0.00690 e. The van der Waals surface area contributed by atoms with Gasteiger partial charge < -0.3 is 0 Å². The third kappa shape index (κ3) is 9.33. The minimum absolute atomic E-state index is 0.536. The largest absolute Gasteiger partial charge is 0.0897 e. The number of unbranched alkanes of at least 4 members (excludes halogenated alkanes) is 1. The Morgan fingerprint density at radius 3 is 2.25 bits per heavy atom. The second-order valence-electron chi connectivity index (χ2n) is 6.26. The van der Waals surface area contributed by atoms with Crippen LogP contribution in [0.4, 0.5) is 0 Å². The molecule has 16 heavy (non-hydrogen) atoms. The molecule has 0 aromatic heterocycles. The van der Waals surface area contributed by atoms with Crippen LogP contribution in [0.25, 0.3) is 0 Å². The van der Waals surface area contributed by atoms with Crippen molar-refractivity contribution in [2.45, 2.75) is 79.6 Å². The topological polar surface area (TPSA) is 0 Å². The highest BCUT2D eigenvalue weighted by Crippen LogP contribution is 2.29. The molecule has 0 aliphatic heterocycles. The summed E-state index contributed by atoms with van der Waals surface area (Å²) in [6.07, 6.45) is 8.93. The summed E-state index contributed by atoms with van der Waals surface area (Å²) in [6.45, 7) is 11.6. The fraction of sp³-hybridized carbons (Fsp3) is 0.933. The summed E-state index contributed by atoms with van der Waals surface area (Å²) in [5.41, 5.74) is 0.536. The third-order valence-electron chi connectivity index (χ3n) is 3.12. The predicted octanol–water partition coefficient (Wildman–Crippen LogP) is 5.79. The summed E-state index contributed by atoms with van der Waals surface area (Å²) in [5.74, 6) is 0.726. The zero-order valence-corrected chi connectivity index (χ0v) is 12.8. The van der Waals surface area contributed by atoms with Gasteiger partial charge in [-0.2, -0.15) is 0 Å². The average molecular weight is 242 g/mol. The highest BCUT2D eigenvalue weighted by Gasteiger charge is 2.15. The molecular weight excluding hydrogens is 212 g/mol. The van der Waals surface area contributed by atoms with Crippen molar-refractivity contribution in [3.05, 3.63) is 0 Å². The number of hydrogen-bond donors (Lipinski definition) is 0. The molecule has 0 aromatic carbocycles. The Kier molecular flexibility index (Phi) is 8.27. The molecule has 0 amide bonds. The Bertz CT molecular complexity index is 192. The Morgan fingerprint density at radius 2 is 1.75 bits per heavy atom. The molecule has 0 fully saturated rings. The summed E-state index contributed by atoms with van der Waals surface area (Å²) < 4.78 is 0. The Hall–Kier alpha value is 0.0900. The molecule has 0 N–H and O–H groups in total.